The molecule has 0 aromatic carbocycles. The smallest absolute Gasteiger partial charge is 0.0827 e. The molecule has 428 valence electrons. The van der Waals surface area contributed by atoms with Gasteiger partial charge in [-0.15, -0.1) is 20.4 Å². The lowest BCUT2D eigenvalue weighted by molar-refractivity contribution is 0.472. The maximum absolute atomic E-state index is 4.21. The van der Waals surface area contributed by atoms with Crippen molar-refractivity contribution in [3.8, 4) is 0 Å². The van der Waals surface area contributed by atoms with Crippen LogP contribution in [0.4, 0.5) is 0 Å². The molecule has 4 heterocycles. The fourth-order valence-corrected chi connectivity index (χ4v) is 8.83. The Balaban J connectivity index is 0.000000494. The minimum absolute atomic E-state index is 0.635. The zero-order chi connectivity index (χ0) is 54.9. The van der Waals surface area contributed by atoms with Gasteiger partial charge in [0.1, 0.15) is 0 Å². The summed E-state index contributed by atoms with van der Waals surface area (Å²) >= 11 is 0. The van der Waals surface area contributed by atoms with E-state index in [-0.39, 0.29) is 0 Å². The molecule has 0 N–H and O–H groups in total. The molecule has 0 atom stereocenters. The van der Waals surface area contributed by atoms with Gasteiger partial charge in [0, 0.05) is 32.4 Å². The van der Waals surface area contributed by atoms with Crippen LogP contribution in [0.15, 0.2) is 24.8 Å². The van der Waals surface area contributed by atoms with Crippen LogP contribution in [-0.2, 0) is 51.9 Å². The second-order valence-corrected chi connectivity index (χ2v) is 25.3. The van der Waals surface area contributed by atoms with E-state index in [4.69, 9.17) is 0 Å². The molecule has 74 heavy (non-hydrogen) atoms. The van der Waals surface area contributed by atoms with Crippen LogP contribution >= 0.6 is 0 Å². The monoisotopic (exact) mass is 1030 g/mol. The van der Waals surface area contributed by atoms with Gasteiger partial charge in [0.2, 0.25) is 0 Å². The van der Waals surface area contributed by atoms with E-state index in [9.17, 15) is 0 Å². The molecule has 0 unspecified atom stereocenters. The highest BCUT2D eigenvalue weighted by molar-refractivity contribution is 4.96. The Morgan fingerprint density at radius 2 is 0.635 bits per heavy atom. The van der Waals surface area contributed by atoms with Crippen molar-refractivity contribution in [2.24, 2.45) is 47.3 Å². The average Bonchev–Trinajstić information content (AvgIpc) is 4.16. The Hall–Kier alpha value is -3.44. The minimum atomic E-state index is 0.635. The van der Waals surface area contributed by atoms with Crippen molar-refractivity contribution in [2.75, 3.05) is 0 Å². The van der Waals surface area contributed by atoms with Crippen LogP contribution in [-0.4, -0.2) is 60.0 Å². The summed E-state index contributed by atoms with van der Waals surface area (Å²) in [6.45, 7) is 40.5. The second kappa shape index (κ2) is 43.6. The summed E-state index contributed by atoms with van der Waals surface area (Å²) in [6.07, 6.45) is 41.1. The van der Waals surface area contributed by atoms with Gasteiger partial charge in [-0.2, -0.15) is 0 Å². The molecule has 12 heteroatoms. The number of aryl methyl sites for hydroxylation is 7. The minimum Gasteiger partial charge on any atom is -0.252 e. The molecule has 12 nitrogen and oxygen atoms in total. The van der Waals surface area contributed by atoms with E-state index in [1.54, 1.807) is 0 Å². The van der Waals surface area contributed by atoms with Gasteiger partial charge in [0.15, 0.2) is 0 Å². The fourth-order valence-electron chi connectivity index (χ4n) is 8.83. The summed E-state index contributed by atoms with van der Waals surface area (Å²) in [5.74, 6) is 6.28. The van der Waals surface area contributed by atoms with Gasteiger partial charge < -0.3 is 0 Å². The predicted octanol–water partition coefficient (Wildman–Crippen LogP) is 17.1. The Bertz CT molecular complexity index is 1740. The average molecular weight is 1030 g/mol. The van der Waals surface area contributed by atoms with E-state index < -0.39 is 0 Å². The third-order valence-corrected chi connectivity index (χ3v) is 13.6. The van der Waals surface area contributed by atoms with Crippen LogP contribution in [0.5, 0.6) is 0 Å². The van der Waals surface area contributed by atoms with Crippen LogP contribution < -0.4 is 0 Å². The molecule has 0 aliphatic heterocycles. The van der Waals surface area contributed by atoms with Crippen LogP contribution in [0, 0.1) is 47.3 Å². The van der Waals surface area contributed by atoms with Crippen molar-refractivity contribution < 1.29 is 0 Å². The highest BCUT2D eigenvalue weighted by Gasteiger charge is 2.09. The van der Waals surface area contributed by atoms with Crippen molar-refractivity contribution in [1.29, 1.82) is 0 Å². The Kier molecular flexibility index (Phi) is 40.4. The van der Waals surface area contributed by atoms with E-state index >= 15 is 0 Å². The van der Waals surface area contributed by atoms with E-state index in [0.717, 1.165) is 99.0 Å². The molecule has 0 bridgehead atoms. The molecule has 0 saturated heterocycles. The zero-order valence-electron chi connectivity index (χ0n) is 51.5. The maximum Gasteiger partial charge on any atom is 0.0827 e. The van der Waals surface area contributed by atoms with Gasteiger partial charge in [0.25, 0.3) is 0 Å². The first-order chi connectivity index (χ1) is 35.4. The van der Waals surface area contributed by atoms with E-state index in [1.165, 1.54) is 158 Å². The van der Waals surface area contributed by atoms with Crippen molar-refractivity contribution in [3.05, 3.63) is 47.6 Å². The molecule has 0 spiro atoms. The molecule has 4 aromatic rings. The van der Waals surface area contributed by atoms with Gasteiger partial charge in [0.05, 0.1) is 41.4 Å². The maximum atomic E-state index is 4.21. The summed E-state index contributed by atoms with van der Waals surface area (Å²) < 4.78 is 8.28. The van der Waals surface area contributed by atoms with Gasteiger partial charge in [-0.05, 0) is 118 Å². The van der Waals surface area contributed by atoms with E-state index in [2.05, 4.69) is 172 Å². The molecule has 0 amide bonds. The molecule has 4 rings (SSSR count). The Labute approximate surface area is 457 Å². The van der Waals surface area contributed by atoms with Crippen molar-refractivity contribution in [3.63, 3.8) is 0 Å². The van der Waals surface area contributed by atoms with Gasteiger partial charge in [-0.25, -0.2) is 14.0 Å². The predicted molar refractivity (Wildman–Crippen MR) is 315 cm³/mol. The molecular weight excluding hydrogens is 913 g/mol. The summed E-state index contributed by atoms with van der Waals surface area (Å²) in [6, 6.07) is 0. The number of hydrogen-bond acceptors (Lipinski definition) is 8. The molecule has 0 radical (unpaired) electrons. The Morgan fingerprint density at radius 3 is 1.00 bits per heavy atom. The Morgan fingerprint density at radius 1 is 0.311 bits per heavy atom. The zero-order valence-corrected chi connectivity index (χ0v) is 51.5. The van der Waals surface area contributed by atoms with Crippen LogP contribution in [0.3, 0.4) is 0 Å². The second-order valence-electron chi connectivity index (χ2n) is 25.3. The number of unbranched alkanes of at least 4 members (excludes halogenated alkanes) is 10. The van der Waals surface area contributed by atoms with Crippen LogP contribution in [0.25, 0.3) is 0 Å². The van der Waals surface area contributed by atoms with Gasteiger partial charge in [-0.3, -0.25) is 4.68 Å². The molecule has 0 fully saturated rings. The quantitative estimate of drug-likeness (QED) is 0.0407. The molecule has 0 saturated carbocycles. The van der Waals surface area contributed by atoms with Crippen molar-refractivity contribution in [1.82, 2.24) is 60.0 Å². The molecular formula is C62H120N12. The van der Waals surface area contributed by atoms with Gasteiger partial charge in [-0.1, -0.05) is 228 Å². The normalized spacial score (nSPS) is 11.7. The van der Waals surface area contributed by atoms with Crippen molar-refractivity contribution >= 4 is 0 Å². The summed E-state index contributed by atoms with van der Waals surface area (Å²) in [7, 11) is 0. The summed E-state index contributed by atoms with van der Waals surface area (Å²) in [5.41, 5.74) is 5.06. The summed E-state index contributed by atoms with van der Waals surface area (Å²) in [5, 5.41) is 33.2. The lowest BCUT2D eigenvalue weighted by Crippen LogP contribution is -2.06. The first kappa shape index (κ1) is 68.6. The molecule has 0 aliphatic rings. The summed E-state index contributed by atoms with van der Waals surface area (Å²) in [4.78, 5) is 0. The third kappa shape index (κ3) is 39.0. The SMILES string of the molecule is CC(C)CCCCCCn1nncc1CCC(C)C.CC(C)CCCCCCn1nncc1CCC(C)C.CC(C)CCCCCc1cn(CC(C)C)nn1.CC(C)CCCCCn1nncc1CCCC(C)C. The number of nitrogens with zero attached hydrogens (tertiary/aromatic N) is 12. The molecule has 0 aliphatic carbocycles. The standard InChI is InChI=1S/3C16H31N3.C14H27N3/c1-14(2)9-6-5-7-12-19-16(13-17-18-19)11-8-10-15(3)4;2*1-14(2)9-7-5-6-8-12-19-16(13-17-18-19)11-10-15(3)4;1-12(2)8-6-5-7-9-14-11-17(16-15-14)10-13(3)4/h3*13-15H,5-12H2,1-4H3;11-13H,5-10H2,1-4H3. The number of hydrogen-bond donors (Lipinski definition) is 0. The third-order valence-electron chi connectivity index (χ3n) is 13.6. The largest absolute Gasteiger partial charge is 0.252 e. The first-order valence-electron chi connectivity index (χ1n) is 30.9. The fraction of sp³-hybridized carbons (Fsp3) is 0.871. The van der Waals surface area contributed by atoms with Crippen molar-refractivity contribution in [2.45, 2.75) is 304 Å². The lowest BCUT2D eigenvalue weighted by Gasteiger charge is -2.08. The highest BCUT2D eigenvalue weighted by Crippen LogP contribution is 2.16. The van der Waals surface area contributed by atoms with E-state index in [0.29, 0.717) is 5.92 Å². The van der Waals surface area contributed by atoms with E-state index in [1.807, 2.05) is 23.3 Å². The lowest BCUT2D eigenvalue weighted by atomic mass is 10.0. The highest BCUT2D eigenvalue weighted by atomic mass is 15.4. The molecule has 4 aromatic heterocycles. The first-order valence-corrected chi connectivity index (χ1v) is 30.9. The van der Waals surface area contributed by atoms with Crippen LogP contribution in [0.1, 0.15) is 275 Å². The number of rotatable bonds is 38. The number of aromatic nitrogens is 12. The van der Waals surface area contributed by atoms with Gasteiger partial charge >= 0.3 is 0 Å². The van der Waals surface area contributed by atoms with Crippen LogP contribution in [0.2, 0.25) is 0 Å². The topological polar surface area (TPSA) is 123 Å².